The Kier molecular flexibility index (Phi) is 4.34. The molecule has 4 rings (SSSR count). The number of amides is 2. The molecule has 1 aromatic carbocycles. The van der Waals surface area contributed by atoms with Gasteiger partial charge in [0.25, 0.3) is 11.8 Å². The van der Waals surface area contributed by atoms with Crippen LogP contribution in [-0.2, 0) is 24.6 Å². The summed E-state index contributed by atoms with van der Waals surface area (Å²) in [5.41, 5.74) is 3.89. The van der Waals surface area contributed by atoms with Gasteiger partial charge in [0, 0.05) is 24.2 Å². The molecule has 0 N–H and O–H groups in total. The summed E-state index contributed by atoms with van der Waals surface area (Å²) in [6, 6.07) is 8.38. The van der Waals surface area contributed by atoms with Gasteiger partial charge in [0.05, 0.1) is 6.61 Å². The Hall–Kier alpha value is -2.89. The van der Waals surface area contributed by atoms with Crippen molar-refractivity contribution < 1.29 is 24.0 Å². The molecule has 1 saturated heterocycles. The molecular weight excluding hydrogens is 346 g/mol. The minimum absolute atomic E-state index is 0.0229. The average Bonchev–Trinajstić information content (AvgIpc) is 3.11. The third kappa shape index (κ3) is 2.95. The molecule has 2 aliphatic carbocycles. The van der Waals surface area contributed by atoms with E-state index in [9.17, 15) is 14.4 Å². The first-order valence-corrected chi connectivity index (χ1v) is 9.18. The molecule has 140 valence electrons. The minimum Gasteiger partial charge on any atom is -0.433 e. The van der Waals surface area contributed by atoms with E-state index in [1.165, 1.54) is 16.7 Å². The number of hydroxylamine groups is 2. The van der Waals surface area contributed by atoms with Crippen molar-refractivity contribution in [2.45, 2.75) is 43.9 Å². The van der Waals surface area contributed by atoms with Crippen molar-refractivity contribution in [3.05, 3.63) is 59.2 Å². The summed E-state index contributed by atoms with van der Waals surface area (Å²) in [6.45, 7) is 2.39. The average molecular weight is 367 g/mol. The van der Waals surface area contributed by atoms with Crippen LogP contribution in [-0.4, -0.2) is 29.6 Å². The standard InChI is InChI=1S/C21H21NO5/c1-21-12-5-4-8-17(21)15(14-6-2-3-7-16(14)21)11-13-26-20(25)27-22-18(23)9-10-19(22)24/h2-8,15H,9-13H2,1H3. The van der Waals surface area contributed by atoms with Crippen molar-refractivity contribution in [1.82, 2.24) is 5.06 Å². The van der Waals surface area contributed by atoms with Crippen molar-refractivity contribution in [3.63, 3.8) is 0 Å². The maximum atomic E-state index is 11.8. The van der Waals surface area contributed by atoms with Gasteiger partial charge in [-0.1, -0.05) is 60.1 Å². The summed E-state index contributed by atoms with van der Waals surface area (Å²) in [4.78, 5) is 39.6. The van der Waals surface area contributed by atoms with Crippen molar-refractivity contribution in [3.8, 4) is 0 Å². The number of hydrogen-bond acceptors (Lipinski definition) is 5. The zero-order valence-corrected chi connectivity index (χ0v) is 15.1. The van der Waals surface area contributed by atoms with Crippen molar-refractivity contribution >= 4 is 18.0 Å². The molecule has 0 aromatic heterocycles. The number of hydrogen-bond donors (Lipinski definition) is 0. The molecule has 0 saturated carbocycles. The second kappa shape index (κ2) is 6.68. The SMILES string of the molecule is CC12CC=CC=C1C(CCOC(=O)ON1C(=O)CCC1=O)c1ccccc12. The van der Waals surface area contributed by atoms with E-state index < -0.39 is 18.0 Å². The Balaban J connectivity index is 1.41. The summed E-state index contributed by atoms with van der Waals surface area (Å²) in [7, 11) is 0. The molecule has 2 unspecified atom stereocenters. The molecule has 2 amide bonds. The number of rotatable bonds is 4. The van der Waals surface area contributed by atoms with Gasteiger partial charge in [-0.05, 0) is 24.0 Å². The highest BCUT2D eigenvalue weighted by atomic mass is 16.8. The lowest BCUT2D eigenvalue weighted by molar-refractivity contribution is -0.177. The fraction of sp³-hybridized carbons (Fsp3) is 0.381. The normalized spacial score (nSPS) is 25.9. The first-order valence-electron chi connectivity index (χ1n) is 9.18. The van der Waals surface area contributed by atoms with E-state index >= 15 is 0 Å². The van der Waals surface area contributed by atoms with Gasteiger partial charge < -0.3 is 4.74 Å². The monoisotopic (exact) mass is 367 g/mol. The van der Waals surface area contributed by atoms with Gasteiger partial charge in [-0.3, -0.25) is 14.4 Å². The van der Waals surface area contributed by atoms with Crippen LogP contribution in [0.3, 0.4) is 0 Å². The highest BCUT2D eigenvalue weighted by molar-refractivity contribution is 6.01. The van der Waals surface area contributed by atoms with Gasteiger partial charge >= 0.3 is 6.16 Å². The number of imide groups is 1. The third-order valence-electron chi connectivity index (χ3n) is 5.68. The maximum Gasteiger partial charge on any atom is 0.533 e. The number of carbonyl (C=O) groups is 3. The van der Waals surface area contributed by atoms with Crippen LogP contribution in [0.5, 0.6) is 0 Å². The van der Waals surface area contributed by atoms with Gasteiger partial charge in [0.1, 0.15) is 0 Å². The smallest absolute Gasteiger partial charge is 0.433 e. The molecule has 6 heteroatoms. The van der Waals surface area contributed by atoms with Crippen LogP contribution < -0.4 is 0 Å². The first-order chi connectivity index (χ1) is 13.0. The largest absolute Gasteiger partial charge is 0.533 e. The predicted octanol–water partition coefficient (Wildman–Crippen LogP) is 3.54. The topological polar surface area (TPSA) is 72.9 Å². The molecule has 27 heavy (non-hydrogen) atoms. The van der Waals surface area contributed by atoms with Crippen LogP contribution in [0.25, 0.3) is 0 Å². The number of carbonyl (C=O) groups excluding carboxylic acids is 3. The summed E-state index contributed by atoms with van der Waals surface area (Å²) < 4.78 is 5.14. The van der Waals surface area contributed by atoms with Gasteiger partial charge in [0.15, 0.2) is 0 Å². The third-order valence-corrected chi connectivity index (χ3v) is 5.68. The molecule has 1 heterocycles. The second-order valence-electron chi connectivity index (χ2n) is 7.29. The zero-order chi connectivity index (χ0) is 19.0. The van der Waals surface area contributed by atoms with Crippen LogP contribution >= 0.6 is 0 Å². The molecule has 1 aromatic rings. The number of fused-ring (bicyclic) bond motifs is 3. The summed E-state index contributed by atoms with van der Waals surface area (Å²) >= 11 is 0. The molecule has 2 atom stereocenters. The first kappa shape index (κ1) is 17.5. The molecule has 0 bridgehead atoms. The fourth-order valence-corrected chi connectivity index (χ4v) is 4.34. The van der Waals surface area contributed by atoms with E-state index in [1.807, 2.05) is 6.07 Å². The highest BCUT2D eigenvalue weighted by Crippen LogP contribution is 2.54. The Morgan fingerprint density at radius 3 is 2.74 bits per heavy atom. The van der Waals surface area contributed by atoms with Crippen LogP contribution in [0.2, 0.25) is 0 Å². The lowest BCUT2D eigenvalue weighted by Gasteiger charge is -2.30. The highest BCUT2D eigenvalue weighted by Gasteiger charge is 2.44. The fourth-order valence-electron chi connectivity index (χ4n) is 4.34. The van der Waals surface area contributed by atoms with E-state index in [1.54, 1.807) is 0 Å². The van der Waals surface area contributed by atoms with Crippen LogP contribution in [0.4, 0.5) is 4.79 Å². The quantitative estimate of drug-likeness (QED) is 0.601. The lowest BCUT2D eigenvalue weighted by Crippen LogP contribution is -2.32. The van der Waals surface area contributed by atoms with Gasteiger partial charge in [-0.25, -0.2) is 4.79 Å². The second-order valence-corrected chi connectivity index (χ2v) is 7.29. The summed E-state index contributed by atoms with van der Waals surface area (Å²) in [5, 5.41) is 0.499. The van der Waals surface area contributed by atoms with Crippen molar-refractivity contribution in [2.24, 2.45) is 0 Å². The zero-order valence-electron chi connectivity index (χ0n) is 15.1. The van der Waals surface area contributed by atoms with Crippen LogP contribution in [0, 0.1) is 0 Å². The molecule has 0 spiro atoms. The Labute approximate surface area is 157 Å². The van der Waals surface area contributed by atoms with Gasteiger partial charge in [-0.15, -0.1) is 0 Å². The number of nitrogens with zero attached hydrogens (tertiary/aromatic N) is 1. The molecule has 0 radical (unpaired) electrons. The molecular formula is C21H21NO5. The van der Waals surface area contributed by atoms with Crippen LogP contribution in [0.15, 0.2) is 48.1 Å². The Morgan fingerprint density at radius 1 is 1.22 bits per heavy atom. The lowest BCUT2D eigenvalue weighted by atomic mass is 9.74. The van der Waals surface area contributed by atoms with Crippen molar-refractivity contribution in [1.29, 1.82) is 0 Å². The number of ether oxygens (including phenoxy) is 1. The molecule has 1 fully saturated rings. The van der Waals surface area contributed by atoms with Gasteiger partial charge in [0.2, 0.25) is 0 Å². The molecule has 1 aliphatic heterocycles. The van der Waals surface area contributed by atoms with Crippen molar-refractivity contribution in [2.75, 3.05) is 6.61 Å². The predicted molar refractivity (Wildman–Crippen MR) is 96.5 cm³/mol. The summed E-state index contributed by atoms with van der Waals surface area (Å²) in [5.74, 6) is -0.868. The van der Waals surface area contributed by atoms with E-state index in [4.69, 9.17) is 9.57 Å². The minimum atomic E-state index is -1.02. The Bertz CT molecular complexity index is 855. The maximum absolute atomic E-state index is 11.8. The van der Waals surface area contributed by atoms with Gasteiger partial charge in [-0.2, -0.15) is 0 Å². The molecule has 3 aliphatic rings. The van der Waals surface area contributed by atoms with E-state index in [2.05, 4.69) is 43.4 Å². The van der Waals surface area contributed by atoms with E-state index in [0.717, 1.165) is 6.42 Å². The van der Waals surface area contributed by atoms with E-state index in [0.29, 0.717) is 11.5 Å². The number of benzene rings is 1. The van der Waals surface area contributed by atoms with E-state index in [-0.39, 0.29) is 30.8 Å². The Morgan fingerprint density at radius 2 is 1.96 bits per heavy atom. The van der Waals surface area contributed by atoms with Crippen LogP contribution in [0.1, 0.15) is 49.7 Å². The summed E-state index contributed by atoms with van der Waals surface area (Å²) in [6.07, 6.45) is 7.09. The molecule has 6 nitrogen and oxygen atoms in total. The number of allylic oxidation sites excluding steroid dienone is 4.